The molecule has 0 amide bonds. The topological polar surface area (TPSA) is 29.3 Å². The second kappa shape index (κ2) is 3.35. The Kier molecular flexibility index (Phi) is 2.27. The van der Waals surface area contributed by atoms with Gasteiger partial charge in [-0.2, -0.15) is 0 Å². The van der Waals surface area contributed by atoms with Crippen LogP contribution in [0.15, 0.2) is 24.5 Å². The van der Waals surface area contributed by atoms with Gasteiger partial charge in [-0.1, -0.05) is 6.07 Å². The van der Waals surface area contributed by atoms with Crippen molar-refractivity contribution in [1.82, 2.24) is 14.7 Å². The van der Waals surface area contributed by atoms with E-state index >= 15 is 0 Å². The van der Waals surface area contributed by atoms with Gasteiger partial charge in [0.05, 0.1) is 17.3 Å². The van der Waals surface area contributed by atoms with E-state index in [1.54, 1.807) is 0 Å². The van der Waals surface area contributed by atoms with E-state index in [0.29, 0.717) is 0 Å². The van der Waals surface area contributed by atoms with E-state index in [9.17, 15) is 0 Å². The number of hydrogen-bond acceptors (Lipinski definition) is 2. The number of hydrogen-bond donors (Lipinski definition) is 1. The van der Waals surface area contributed by atoms with Crippen molar-refractivity contribution in [3.63, 3.8) is 0 Å². The highest BCUT2D eigenvalue weighted by Gasteiger charge is 2.23. The van der Waals surface area contributed by atoms with Gasteiger partial charge < -0.3 is 9.72 Å². The number of nitrogens with zero attached hydrogens (tertiary/aromatic N) is 2. The van der Waals surface area contributed by atoms with Gasteiger partial charge in [-0.15, -0.1) is 0 Å². The average Bonchev–Trinajstić information content (AvgIpc) is 2.63. The van der Waals surface area contributed by atoms with Crippen molar-refractivity contribution in [2.24, 2.45) is 0 Å². The summed E-state index contributed by atoms with van der Waals surface area (Å²) in [6.07, 6.45) is 3.99. The normalized spacial score (nSPS) is 12.3. The maximum atomic E-state index is 4.50. The van der Waals surface area contributed by atoms with Gasteiger partial charge in [0.25, 0.3) is 0 Å². The predicted octanol–water partition coefficient (Wildman–Crippen LogP) is 2.10. The van der Waals surface area contributed by atoms with Crippen LogP contribution in [-0.2, 0) is 5.54 Å². The van der Waals surface area contributed by atoms with Gasteiger partial charge in [-0.25, -0.2) is 4.98 Å². The standard InChI is InChI=1S/C12H17N3/c1-9-6-5-7-15-10(9)8-14-11(15)12(2,3)13-4/h5-8,13H,1-4H3. The maximum Gasteiger partial charge on any atom is 0.133 e. The van der Waals surface area contributed by atoms with Crippen LogP contribution in [0.3, 0.4) is 0 Å². The first-order valence-electron chi connectivity index (χ1n) is 5.18. The minimum Gasteiger partial charge on any atom is -0.308 e. The third-order valence-corrected chi connectivity index (χ3v) is 2.97. The van der Waals surface area contributed by atoms with Crippen LogP contribution in [0.1, 0.15) is 25.2 Å². The molecule has 0 fully saturated rings. The van der Waals surface area contributed by atoms with E-state index < -0.39 is 0 Å². The van der Waals surface area contributed by atoms with E-state index in [1.807, 2.05) is 13.2 Å². The molecule has 0 radical (unpaired) electrons. The Morgan fingerprint density at radius 3 is 2.80 bits per heavy atom. The van der Waals surface area contributed by atoms with Crippen molar-refractivity contribution in [2.45, 2.75) is 26.3 Å². The molecule has 0 spiro atoms. The number of imidazole rings is 1. The van der Waals surface area contributed by atoms with E-state index in [1.165, 1.54) is 11.1 Å². The lowest BCUT2D eigenvalue weighted by Gasteiger charge is -2.22. The molecule has 0 aromatic carbocycles. The molecule has 1 N–H and O–H groups in total. The molecule has 0 unspecified atom stereocenters. The molecule has 0 saturated carbocycles. The fraction of sp³-hybridized carbons (Fsp3) is 0.417. The van der Waals surface area contributed by atoms with Crippen LogP contribution in [-0.4, -0.2) is 16.4 Å². The molecule has 0 aliphatic heterocycles. The largest absolute Gasteiger partial charge is 0.308 e. The van der Waals surface area contributed by atoms with Crippen LogP contribution in [0.25, 0.3) is 5.52 Å². The minimum absolute atomic E-state index is 0.111. The third kappa shape index (κ3) is 1.53. The van der Waals surface area contributed by atoms with Crippen LogP contribution < -0.4 is 5.32 Å². The summed E-state index contributed by atoms with van der Waals surface area (Å²) in [5.41, 5.74) is 2.32. The summed E-state index contributed by atoms with van der Waals surface area (Å²) in [4.78, 5) is 4.50. The average molecular weight is 203 g/mol. The van der Waals surface area contributed by atoms with Gasteiger partial charge in [-0.3, -0.25) is 0 Å². The van der Waals surface area contributed by atoms with E-state index in [2.05, 4.69) is 53.8 Å². The summed E-state index contributed by atoms with van der Waals surface area (Å²) in [6.45, 7) is 6.36. The lowest BCUT2D eigenvalue weighted by atomic mass is 10.1. The highest BCUT2D eigenvalue weighted by atomic mass is 15.1. The summed E-state index contributed by atoms with van der Waals surface area (Å²) in [6, 6.07) is 4.16. The van der Waals surface area contributed by atoms with E-state index in [4.69, 9.17) is 0 Å². The Labute approximate surface area is 90.1 Å². The molecular weight excluding hydrogens is 186 g/mol. The monoisotopic (exact) mass is 203 g/mol. The second-order valence-electron chi connectivity index (χ2n) is 4.40. The van der Waals surface area contributed by atoms with E-state index in [-0.39, 0.29) is 5.54 Å². The van der Waals surface area contributed by atoms with Crippen LogP contribution in [0.5, 0.6) is 0 Å². The first-order chi connectivity index (χ1) is 7.06. The highest BCUT2D eigenvalue weighted by molar-refractivity contribution is 5.53. The number of rotatable bonds is 2. The zero-order valence-electron chi connectivity index (χ0n) is 9.70. The van der Waals surface area contributed by atoms with E-state index in [0.717, 1.165) is 5.82 Å². The molecule has 2 aromatic heterocycles. The van der Waals surface area contributed by atoms with Crippen LogP contribution in [0.2, 0.25) is 0 Å². The molecule has 0 aliphatic rings. The first kappa shape index (κ1) is 10.2. The van der Waals surface area contributed by atoms with Crippen molar-refractivity contribution in [1.29, 1.82) is 0 Å². The Balaban J connectivity index is 2.69. The lowest BCUT2D eigenvalue weighted by molar-refractivity contribution is 0.415. The van der Waals surface area contributed by atoms with Crippen LogP contribution in [0, 0.1) is 6.92 Å². The Morgan fingerprint density at radius 1 is 1.40 bits per heavy atom. The molecule has 2 rings (SSSR count). The number of fused-ring (bicyclic) bond motifs is 1. The van der Waals surface area contributed by atoms with Crippen LogP contribution >= 0.6 is 0 Å². The molecule has 0 saturated heterocycles. The molecule has 3 nitrogen and oxygen atoms in total. The summed E-state index contributed by atoms with van der Waals surface area (Å²) < 4.78 is 2.14. The molecule has 3 heteroatoms. The van der Waals surface area contributed by atoms with Crippen molar-refractivity contribution in [2.75, 3.05) is 7.05 Å². The van der Waals surface area contributed by atoms with Gasteiger partial charge >= 0.3 is 0 Å². The molecule has 80 valence electrons. The summed E-state index contributed by atoms with van der Waals surface area (Å²) >= 11 is 0. The zero-order chi connectivity index (χ0) is 11.1. The predicted molar refractivity (Wildman–Crippen MR) is 62.0 cm³/mol. The highest BCUT2D eigenvalue weighted by Crippen LogP contribution is 2.21. The smallest absolute Gasteiger partial charge is 0.133 e. The summed E-state index contributed by atoms with van der Waals surface area (Å²) in [5.74, 6) is 1.05. The molecule has 0 atom stereocenters. The maximum absolute atomic E-state index is 4.50. The first-order valence-corrected chi connectivity index (χ1v) is 5.18. The number of aryl methyl sites for hydroxylation is 1. The molecule has 2 heterocycles. The molecule has 15 heavy (non-hydrogen) atoms. The number of pyridine rings is 1. The zero-order valence-corrected chi connectivity index (χ0v) is 9.70. The van der Waals surface area contributed by atoms with Crippen molar-refractivity contribution < 1.29 is 0 Å². The molecular formula is C12H17N3. The van der Waals surface area contributed by atoms with Crippen molar-refractivity contribution >= 4 is 5.52 Å². The number of nitrogens with one attached hydrogen (secondary N) is 1. The van der Waals surface area contributed by atoms with Crippen molar-refractivity contribution in [3.8, 4) is 0 Å². The van der Waals surface area contributed by atoms with Gasteiger partial charge in [0.15, 0.2) is 0 Å². The molecule has 0 bridgehead atoms. The van der Waals surface area contributed by atoms with Gasteiger partial charge in [0.1, 0.15) is 5.82 Å². The minimum atomic E-state index is -0.111. The second-order valence-corrected chi connectivity index (χ2v) is 4.40. The van der Waals surface area contributed by atoms with Crippen LogP contribution in [0.4, 0.5) is 0 Å². The summed E-state index contributed by atoms with van der Waals surface area (Å²) in [7, 11) is 1.96. The summed E-state index contributed by atoms with van der Waals surface area (Å²) in [5, 5.41) is 3.27. The Bertz CT molecular complexity index is 483. The quantitative estimate of drug-likeness (QED) is 0.810. The number of aromatic nitrogens is 2. The van der Waals surface area contributed by atoms with Crippen molar-refractivity contribution in [3.05, 3.63) is 35.9 Å². The van der Waals surface area contributed by atoms with Gasteiger partial charge in [0, 0.05) is 6.20 Å². The fourth-order valence-electron chi connectivity index (χ4n) is 1.74. The SMILES string of the molecule is CNC(C)(C)c1ncc2c(C)cccn12. The molecule has 2 aromatic rings. The lowest BCUT2D eigenvalue weighted by Crippen LogP contribution is -2.35. The Hall–Kier alpha value is -1.35. The van der Waals surface area contributed by atoms with Gasteiger partial charge in [0.2, 0.25) is 0 Å². The third-order valence-electron chi connectivity index (χ3n) is 2.97. The Morgan fingerprint density at radius 2 is 2.13 bits per heavy atom. The molecule has 0 aliphatic carbocycles. The van der Waals surface area contributed by atoms with Gasteiger partial charge in [-0.05, 0) is 39.4 Å². The fourth-order valence-corrected chi connectivity index (χ4v) is 1.74.